The molecule has 2 aromatic rings. The fourth-order valence-electron chi connectivity index (χ4n) is 1.64. The molecule has 0 N–H and O–H groups in total. The number of pyridine rings is 1. The van der Waals surface area contributed by atoms with E-state index in [1.54, 1.807) is 12.3 Å². The molecule has 1 heterocycles. The molecule has 0 aliphatic heterocycles. The van der Waals surface area contributed by atoms with Gasteiger partial charge in [-0.15, -0.1) is 0 Å². The van der Waals surface area contributed by atoms with Crippen molar-refractivity contribution in [3.05, 3.63) is 65.2 Å². The fourth-order valence-corrected chi connectivity index (χ4v) is 2.19. The van der Waals surface area contributed by atoms with E-state index in [-0.39, 0.29) is 11.6 Å². The molecule has 2 rings (SSSR count). The van der Waals surface area contributed by atoms with Crippen molar-refractivity contribution in [2.75, 3.05) is 0 Å². The molecule has 1 aromatic carbocycles. The van der Waals surface area contributed by atoms with Crippen molar-refractivity contribution in [1.82, 2.24) is 4.98 Å². The lowest BCUT2D eigenvalue weighted by Crippen LogP contribution is -2.07. The lowest BCUT2D eigenvalue weighted by Gasteiger charge is -2.09. The molecule has 1 unspecified atom stereocenters. The van der Waals surface area contributed by atoms with Crippen LogP contribution in [0.2, 0.25) is 0 Å². The van der Waals surface area contributed by atoms with Crippen LogP contribution in [0.1, 0.15) is 26.4 Å². The van der Waals surface area contributed by atoms with Crippen LogP contribution < -0.4 is 0 Å². The number of alkyl halides is 1. The van der Waals surface area contributed by atoms with E-state index < -0.39 is 4.83 Å². The zero-order valence-electron chi connectivity index (χ0n) is 9.73. The minimum atomic E-state index is -0.440. The predicted octanol–water partition coefficient (Wildman–Crippen LogP) is 3.85. The summed E-state index contributed by atoms with van der Waals surface area (Å²) in [5.74, 6) is -0.446. The standard InChI is InChI=1S/C14H11BrFNO/c1-9-8-11(6-7-17-9)13(15)14(18)10-2-4-12(16)5-3-10/h2-8,13H,1H3. The van der Waals surface area contributed by atoms with Gasteiger partial charge >= 0.3 is 0 Å². The molecular weight excluding hydrogens is 297 g/mol. The maximum absolute atomic E-state index is 12.8. The van der Waals surface area contributed by atoms with Crippen LogP contribution in [0, 0.1) is 12.7 Å². The molecule has 0 saturated carbocycles. The topological polar surface area (TPSA) is 30.0 Å². The number of ketones is 1. The van der Waals surface area contributed by atoms with Gasteiger partial charge in [0.05, 0.1) is 0 Å². The molecule has 0 aliphatic rings. The van der Waals surface area contributed by atoms with Crippen molar-refractivity contribution >= 4 is 21.7 Å². The summed E-state index contributed by atoms with van der Waals surface area (Å²) in [6.07, 6.45) is 1.66. The summed E-state index contributed by atoms with van der Waals surface area (Å²) >= 11 is 3.37. The largest absolute Gasteiger partial charge is 0.293 e. The summed E-state index contributed by atoms with van der Waals surface area (Å²) in [6, 6.07) is 9.17. The highest BCUT2D eigenvalue weighted by Crippen LogP contribution is 2.27. The number of benzene rings is 1. The minimum Gasteiger partial charge on any atom is -0.293 e. The number of Topliss-reactive ketones (excluding diaryl/α,β-unsaturated/α-hetero) is 1. The molecule has 0 spiro atoms. The molecule has 0 fully saturated rings. The zero-order valence-corrected chi connectivity index (χ0v) is 11.3. The van der Waals surface area contributed by atoms with E-state index >= 15 is 0 Å². The summed E-state index contributed by atoms with van der Waals surface area (Å²) in [5, 5.41) is 0. The average molecular weight is 308 g/mol. The lowest BCUT2D eigenvalue weighted by molar-refractivity contribution is 0.0991. The fraction of sp³-hybridized carbons (Fsp3) is 0.143. The highest BCUT2D eigenvalue weighted by atomic mass is 79.9. The Balaban J connectivity index is 2.26. The molecule has 4 heteroatoms. The summed E-state index contributed by atoms with van der Waals surface area (Å²) in [6.45, 7) is 1.87. The van der Waals surface area contributed by atoms with Crippen LogP contribution in [0.4, 0.5) is 4.39 Å². The Labute approximate surface area is 113 Å². The molecule has 0 amide bonds. The van der Waals surface area contributed by atoms with Crippen molar-refractivity contribution in [1.29, 1.82) is 0 Å². The summed E-state index contributed by atoms with van der Waals surface area (Å²) in [7, 11) is 0. The number of carbonyl (C=O) groups excluding carboxylic acids is 1. The van der Waals surface area contributed by atoms with Crippen molar-refractivity contribution in [2.24, 2.45) is 0 Å². The van der Waals surface area contributed by atoms with Gasteiger partial charge in [-0.05, 0) is 48.9 Å². The second kappa shape index (κ2) is 5.40. The minimum absolute atomic E-state index is 0.0967. The van der Waals surface area contributed by atoms with Gasteiger partial charge in [-0.3, -0.25) is 9.78 Å². The van der Waals surface area contributed by atoms with E-state index in [1.165, 1.54) is 24.3 Å². The van der Waals surface area contributed by atoms with Crippen LogP contribution >= 0.6 is 15.9 Å². The second-order valence-electron chi connectivity index (χ2n) is 3.96. The Hall–Kier alpha value is -1.55. The van der Waals surface area contributed by atoms with Crippen LogP contribution in [-0.4, -0.2) is 10.8 Å². The number of aryl methyl sites for hydroxylation is 1. The number of carbonyl (C=O) groups is 1. The molecule has 1 aromatic heterocycles. The Morgan fingerprint density at radius 3 is 2.56 bits per heavy atom. The third kappa shape index (κ3) is 2.82. The summed E-state index contributed by atoms with van der Waals surface area (Å²) in [4.78, 5) is 15.8. The molecule has 0 aliphatic carbocycles. The van der Waals surface area contributed by atoms with E-state index in [1.807, 2.05) is 13.0 Å². The Morgan fingerprint density at radius 2 is 1.94 bits per heavy atom. The lowest BCUT2D eigenvalue weighted by atomic mass is 10.0. The Bertz CT molecular complexity index is 568. The molecule has 0 saturated heterocycles. The maximum atomic E-state index is 12.8. The number of aromatic nitrogens is 1. The number of rotatable bonds is 3. The van der Waals surface area contributed by atoms with Gasteiger partial charge < -0.3 is 0 Å². The normalized spacial score (nSPS) is 12.2. The van der Waals surface area contributed by atoms with Gasteiger partial charge in [0.1, 0.15) is 10.6 Å². The summed E-state index contributed by atoms with van der Waals surface area (Å²) < 4.78 is 12.8. The maximum Gasteiger partial charge on any atom is 0.180 e. The first-order valence-electron chi connectivity index (χ1n) is 5.44. The smallest absolute Gasteiger partial charge is 0.180 e. The van der Waals surface area contributed by atoms with Crippen LogP contribution in [0.25, 0.3) is 0 Å². The molecular formula is C14H11BrFNO. The van der Waals surface area contributed by atoms with E-state index in [0.717, 1.165) is 11.3 Å². The first kappa shape index (κ1) is 12.9. The highest BCUT2D eigenvalue weighted by Gasteiger charge is 2.19. The number of hydrogen-bond donors (Lipinski definition) is 0. The van der Waals surface area contributed by atoms with E-state index in [2.05, 4.69) is 20.9 Å². The third-order valence-corrected chi connectivity index (χ3v) is 3.52. The van der Waals surface area contributed by atoms with Crippen molar-refractivity contribution < 1.29 is 9.18 Å². The van der Waals surface area contributed by atoms with Gasteiger partial charge in [0.2, 0.25) is 0 Å². The SMILES string of the molecule is Cc1cc(C(Br)C(=O)c2ccc(F)cc2)ccn1. The third-order valence-electron chi connectivity index (χ3n) is 2.57. The number of hydrogen-bond acceptors (Lipinski definition) is 2. The first-order valence-corrected chi connectivity index (χ1v) is 6.36. The zero-order chi connectivity index (χ0) is 13.1. The van der Waals surface area contributed by atoms with Crippen LogP contribution in [0.15, 0.2) is 42.6 Å². The average Bonchev–Trinajstić information content (AvgIpc) is 2.38. The monoisotopic (exact) mass is 307 g/mol. The van der Waals surface area contributed by atoms with Crippen LogP contribution in [0.5, 0.6) is 0 Å². The van der Waals surface area contributed by atoms with Crippen molar-refractivity contribution in [3.63, 3.8) is 0 Å². The Kier molecular flexibility index (Phi) is 3.87. The van der Waals surface area contributed by atoms with Gasteiger partial charge in [0, 0.05) is 17.5 Å². The second-order valence-corrected chi connectivity index (χ2v) is 4.88. The van der Waals surface area contributed by atoms with Crippen LogP contribution in [-0.2, 0) is 0 Å². The molecule has 2 nitrogen and oxygen atoms in total. The van der Waals surface area contributed by atoms with Crippen LogP contribution in [0.3, 0.4) is 0 Å². The van der Waals surface area contributed by atoms with Crippen molar-refractivity contribution in [2.45, 2.75) is 11.8 Å². The van der Waals surface area contributed by atoms with Crippen molar-refractivity contribution in [3.8, 4) is 0 Å². The molecule has 0 radical (unpaired) electrons. The van der Waals surface area contributed by atoms with E-state index in [4.69, 9.17) is 0 Å². The molecule has 0 bridgehead atoms. The van der Waals surface area contributed by atoms with E-state index in [0.29, 0.717) is 5.56 Å². The predicted molar refractivity (Wildman–Crippen MR) is 71.4 cm³/mol. The van der Waals surface area contributed by atoms with E-state index in [9.17, 15) is 9.18 Å². The molecule has 92 valence electrons. The number of halogens is 2. The van der Waals surface area contributed by atoms with Gasteiger partial charge in [0.25, 0.3) is 0 Å². The number of nitrogens with zero attached hydrogens (tertiary/aromatic N) is 1. The first-order chi connectivity index (χ1) is 8.58. The molecule has 1 atom stereocenters. The quantitative estimate of drug-likeness (QED) is 0.637. The van der Waals surface area contributed by atoms with Gasteiger partial charge in [0.15, 0.2) is 5.78 Å². The highest BCUT2D eigenvalue weighted by molar-refractivity contribution is 9.09. The summed E-state index contributed by atoms with van der Waals surface area (Å²) in [5.41, 5.74) is 2.17. The van der Waals surface area contributed by atoms with Gasteiger partial charge in [-0.1, -0.05) is 15.9 Å². The Morgan fingerprint density at radius 1 is 1.28 bits per heavy atom. The molecule has 18 heavy (non-hydrogen) atoms. The van der Waals surface area contributed by atoms with Gasteiger partial charge in [-0.2, -0.15) is 0 Å². The van der Waals surface area contributed by atoms with Gasteiger partial charge in [-0.25, -0.2) is 4.39 Å².